The molecule has 0 fully saturated rings. The third kappa shape index (κ3) is 3.19. The third-order valence-electron chi connectivity index (χ3n) is 4.75. The molecule has 136 valence electrons. The van der Waals surface area contributed by atoms with Crippen LogP contribution in [0.3, 0.4) is 0 Å². The minimum Gasteiger partial charge on any atom is -0.508 e. The number of Topliss-reactive ketones (excluding diaryl/α,β-unsaturated/α-hetero) is 1. The average Bonchev–Trinajstić information content (AvgIpc) is 2.66. The van der Waals surface area contributed by atoms with E-state index in [2.05, 4.69) is 0 Å². The number of hydrogen-bond acceptors (Lipinski definition) is 5. The Balaban J connectivity index is 1.70. The molecule has 27 heavy (non-hydrogen) atoms. The lowest BCUT2D eigenvalue weighted by Gasteiger charge is -2.27. The summed E-state index contributed by atoms with van der Waals surface area (Å²) in [4.78, 5) is 12.7. The van der Waals surface area contributed by atoms with Crippen molar-refractivity contribution >= 4 is 5.78 Å². The van der Waals surface area contributed by atoms with Crippen LogP contribution >= 0.6 is 0 Å². The van der Waals surface area contributed by atoms with E-state index in [1.807, 2.05) is 30.3 Å². The summed E-state index contributed by atoms with van der Waals surface area (Å²) in [6, 6.07) is 17.2. The number of phenolic OH excluding ortho intramolecular Hbond substituents is 3. The second-order valence-electron chi connectivity index (χ2n) is 6.58. The SMILES string of the molecule is O=C1CC(c2ccccc2)Oc2cc(O)c(Cc3ccc(O)cc3)c(O)c21. The van der Waals surface area contributed by atoms with Crippen molar-refractivity contribution in [2.24, 2.45) is 0 Å². The van der Waals surface area contributed by atoms with Crippen LogP contribution in [0, 0.1) is 0 Å². The van der Waals surface area contributed by atoms with Gasteiger partial charge < -0.3 is 20.1 Å². The molecule has 0 aliphatic carbocycles. The molecule has 0 radical (unpaired) electrons. The van der Waals surface area contributed by atoms with Crippen LogP contribution in [0.15, 0.2) is 60.7 Å². The first kappa shape index (κ1) is 17.0. The van der Waals surface area contributed by atoms with Gasteiger partial charge in [-0.2, -0.15) is 0 Å². The highest BCUT2D eigenvalue weighted by atomic mass is 16.5. The number of carbonyl (C=O) groups excluding carboxylic acids is 1. The predicted molar refractivity (Wildman–Crippen MR) is 99.4 cm³/mol. The second kappa shape index (κ2) is 6.68. The molecule has 3 aromatic rings. The summed E-state index contributed by atoms with van der Waals surface area (Å²) in [5.41, 5.74) is 2.01. The van der Waals surface area contributed by atoms with Crippen molar-refractivity contribution in [1.29, 1.82) is 0 Å². The average molecular weight is 362 g/mol. The molecular weight excluding hydrogens is 344 g/mol. The van der Waals surface area contributed by atoms with Crippen LogP contribution in [-0.4, -0.2) is 21.1 Å². The summed E-state index contributed by atoms with van der Waals surface area (Å²) in [5.74, 6) is -0.303. The first-order valence-electron chi connectivity index (χ1n) is 8.63. The van der Waals surface area contributed by atoms with Crippen LogP contribution in [0.5, 0.6) is 23.0 Å². The molecule has 3 N–H and O–H groups in total. The van der Waals surface area contributed by atoms with Gasteiger partial charge in [-0.1, -0.05) is 42.5 Å². The minimum absolute atomic E-state index is 0.105. The first-order chi connectivity index (χ1) is 13.0. The van der Waals surface area contributed by atoms with E-state index in [4.69, 9.17) is 4.74 Å². The maximum Gasteiger partial charge on any atom is 0.174 e. The molecule has 1 unspecified atom stereocenters. The van der Waals surface area contributed by atoms with Gasteiger partial charge in [0.25, 0.3) is 0 Å². The van der Waals surface area contributed by atoms with Crippen molar-refractivity contribution in [1.82, 2.24) is 0 Å². The summed E-state index contributed by atoms with van der Waals surface area (Å²) in [5, 5.41) is 30.4. The fourth-order valence-corrected chi connectivity index (χ4v) is 3.35. The van der Waals surface area contributed by atoms with E-state index in [0.717, 1.165) is 11.1 Å². The van der Waals surface area contributed by atoms with Crippen LogP contribution in [0.1, 0.15) is 39.6 Å². The Hall–Kier alpha value is -3.47. The molecule has 0 saturated carbocycles. The Kier molecular flexibility index (Phi) is 4.20. The van der Waals surface area contributed by atoms with E-state index in [1.165, 1.54) is 18.2 Å². The van der Waals surface area contributed by atoms with Gasteiger partial charge >= 0.3 is 0 Å². The molecule has 5 nitrogen and oxygen atoms in total. The summed E-state index contributed by atoms with van der Waals surface area (Å²) in [7, 11) is 0. The molecular formula is C22H18O5. The lowest BCUT2D eigenvalue weighted by molar-refractivity contribution is 0.0844. The molecule has 0 spiro atoms. The third-order valence-corrected chi connectivity index (χ3v) is 4.75. The van der Waals surface area contributed by atoms with E-state index < -0.39 is 6.10 Å². The molecule has 0 aromatic heterocycles. The number of aromatic hydroxyl groups is 3. The van der Waals surface area contributed by atoms with Gasteiger partial charge in [0.15, 0.2) is 5.78 Å². The number of hydrogen-bond donors (Lipinski definition) is 3. The fraction of sp³-hybridized carbons (Fsp3) is 0.136. The lowest BCUT2D eigenvalue weighted by atomic mass is 9.92. The molecule has 1 aliphatic rings. The number of carbonyl (C=O) groups is 1. The molecule has 5 heteroatoms. The number of ketones is 1. The highest BCUT2D eigenvalue weighted by molar-refractivity contribution is 6.03. The van der Waals surface area contributed by atoms with Gasteiger partial charge in [0.1, 0.15) is 34.7 Å². The van der Waals surface area contributed by atoms with E-state index in [1.54, 1.807) is 12.1 Å². The van der Waals surface area contributed by atoms with Crippen LogP contribution in [0.2, 0.25) is 0 Å². The van der Waals surface area contributed by atoms with Crippen LogP contribution in [0.4, 0.5) is 0 Å². The normalized spacial score (nSPS) is 15.9. The van der Waals surface area contributed by atoms with Gasteiger partial charge in [-0.05, 0) is 23.3 Å². The zero-order chi connectivity index (χ0) is 19.0. The van der Waals surface area contributed by atoms with Crippen molar-refractivity contribution in [3.05, 3.63) is 82.9 Å². The maximum atomic E-state index is 12.7. The molecule has 0 amide bonds. The van der Waals surface area contributed by atoms with E-state index in [0.29, 0.717) is 0 Å². The molecule has 1 heterocycles. The zero-order valence-corrected chi connectivity index (χ0v) is 14.4. The molecule has 1 aliphatic heterocycles. The minimum atomic E-state index is -0.451. The van der Waals surface area contributed by atoms with Crippen molar-refractivity contribution < 1.29 is 24.9 Å². The Labute approximate surface area is 156 Å². The molecule has 0 saturated heterocycles. The number of rotatable bonds is 3. The van der Waals surface area contributed by atoms with Gasteiger partial charge in [0, 0.05) is 18.1 Å². The highest BCUT2D eigenvalue weighted by Gasteiger charge is 2.32. The monoisotopic (exact) mass is 362 g/mol. The van der Waals surface area contributed by atoms with Crippen molar-refractivity contribution in [3.63, 3.8) is 0 Å². The summed E-state index contributed by atoms with van der Waals surface area (Å²) < 4.78 is 5.90. The molecule has 1 atom stereocenters. The van der Waals surface area contributed by atoms with E-state index in [9.17, 15) is 20.1 Å². The number of ether oxygens (including phenoxy) is 1. The molecule has 3 aromatic carbocycles. The lowest BCUT2D eigenvalue weighted by Crippen LogP contribution is -2.21. The number of phenols is 3. The van der Waals surface area contributed by atoms with Crippen molar-refractivity contribution in [2.75, 3.05) is 0 Å². The highest BCUT2D eigenvalue weighted by Crippen LogP contribution is 2.45. The Morgan fingerprint density at radius 3 is 2.37 bits per heavy atom. The number of fused-ring (bicyclic) bond motifs is 1. The maximum absolute atomic E-state index is 12.7. The van der Waals surface area contributed by atoms with Crippen molar-refractivity contribution in [2.45, 2.75) is 18.9 Å². The summed E-state index contributed by atoms with van der Waals surface area (Å²) in [6.45, 7) is 0. The largest absolute Gasteiger partial charge is 0.508 e. The predicted octanol–water partition coefficient (Wildman–Crippen LogP) is 4.10. The second-order valence-corrected chi connectivity index (χ2v) is 6.58. The quantitative estimate of drug-likeness (QED) is 0.653. The van der Waals surface area contributed by atoms with Crippen LogP contribution in [-0.2, 0) is 6.42 Å². The van der Waals surface area contributed by atoms with Crippen LogP contribution in [0.25, 0.3) is 0 Å². The van der Waals surface area contributed by atoms with Crippen LogP contribution < -0.4 is 4.74 Å². The van der Waals surface area contributed by atoms with Gasteiger partial charge in [-0.15, -0.1) is 0 Å². The Morgan fingerprint density at radius 2 is 1.67 bits per heavy atom. The molecule has 4 rings (SSSR count). The Morgan fingerprint density at radius 1 is 0.963 bits per heavy atom. The van der Waals surface area contributed by atoms with Gasteiger partial charge in [-0.25, -0.2) is 0 Å². The smallest absolute Gasteiger partial charge is 0.174 e. The van der Waals surface area contributed by atoms with Gasteiger partial charge in [-0.3, -0.25) is 4.79 Å². The fourth-order valence-electron chi connectivity index (χ4n) is 3.35. The first-order valence-corrected chi connectivity index (χ1v) is 8.63. The summed E-state index contributed by atoms with van der Waals surface area (Å²) in [6.07, 6.45) is -0.109. The topological polar surface area (TPSA) is 87.0 Å². The van der Waals surface area contributed by atoms with Crippen molar-refractivity contribution in [3.8, 4) is 23.0 Å². The van der Waals surface area contributed by atoms with E-state index in [-0.39, 0.29) is 52.7 Å². The number of benzene rings is 3. The zero-order valence-electron chi connectivity index (χ0n) is 14.4. The standard InChI is InChI=1S/C22H18O5/c23-15-8-6-13(7-9-15)10-16-17(24)11-20-21(22(16)26)18(25)12-19(27-20)14-4-2-1-3-5-14/h1-9,11,19,23-24,26H,10,12H2. The van der Waals surface area contributed by atoms with Gasteiger partial charge in [0.05, 0.1) is 6.42 Å². The molecule has 0 bridgehead atoms. The summed E-state index contributed by atoms with van der Waals surface area (Å²) >= 11 is 0. The Bertz CT molecular complexity index is 993. The van der Waals surface area contributed by atoms with E-state index >= 15 is 0 Å². The van der Waals surface area contributed by atoms with Gasteiger partial charge in [0.2, 0.25) is 0 Å².